The van der Waals surface area contributed by atoms with Crippen LogP contribution in [0.25, 0.3) is 17.1 Å². The van der Waals surface area contributed by atoms with Crippen molar-refractivity contribution >= 4 is 5.91 Å². The van der Waals surface area contributed by atoms with Crippen molar-refractivity contribution in [3.8, 4) is 17.1 Å². The normalized spacial score (nSPS) is 23.7. The zero-order valence-corrected chi connectivity index (χ0v) is 15.3. The quantitative estimate of drug-likeness (QED) is 0.767. The van der Waals surface area contributed by atoms with E-state index in [0.29, 0.717) is 11.7 Å². The molecule has 3 aromatic rings. The van der Waals surface area contributed by atoms with Crippen LogP contribution in [0.2, 0.25) is 0 Å². The molecule has 1 amide bonds. The van der Waals surface area contributed by atoms with Gasteiger partial charge in [0.15, 0.2) is 5.82 Å². The minimum Gasteiger partial charge on any atom is -0.472 e. The number of fused-ring (bicyclic) bond motifs is 2. The first kappa shape index (κ1) is 16.3. The summed E-state index contributed by atoms with van der Waals surface area (Å²) in [5, 5.41) is 7.69. The van der Waals surface area contributed by atoms with Crippen molar-refractivity contribution in [1.82, 2.24) is 20.1 Å². The van der Waals surface area contributed by atoms with E-state index in [2.05, 4.69) is 15.4 Å². The average Bonchev–Trinajstić information content (AvgIpc) is 3.44. The molecule has 0 saturated heterocycles. The van der Waals surface area contributed by atoms with Gasteiger partial charge in [0.05, 0.1) is 17.5 Å². The number of rotatable bonds is 4. The summed E-state index contributed by atoms with van der Waals surface area (Å²) in [5.41, 5.74) is 2.82. The van der Waals surface area contributed by atoms with Gasteiger partial charge in [-0.05, 0) is 56.2 Å². The highest BCUT2D eigenvalue weighted by Gasteiger charge is 2.40. The lowest BCUT2D eigenvalue weighted by Gasteiger charge is -2.22. The molecule has 0 aliphatic heterocycles. The van der Waals surface area contributed by atoms with E-state index < -0.39 is 0 Å². The van der Waals surface area contributed by atoms with Gasteiger partial charge in [-0.2, -0.15) is 0 Å². The van der Waals surface area contributed by atoms with E-state index in [1.54, 1.807) is 17.2 Å². The van der Waals surface area contributed by atoms with Crippen molar-refractivity contribution in [3.05, 3.63) is 54.2 Å². The molecule has 6 nitrogen and oxygen atoms in total. The molecule has 2 aliphatic rings. The summed E-state index contributed by atoms with van der Waals surface area (Å²) < 4.78 is 6.92. The molecule has 0 radical (unpaired) electrons. The third-order valence-electron chi connectivity index (χ3n) is 5.92. The van der Waals surface area contributed by atoms with Crippen molar-refractivity contribution in [2.24, 2.45) is 11.8 Å². The number of aromatic nitrogens is 3. The second-order valence-corrected chi connectivity index (χ2v) is 7.77. The Hall–Kier alpha value is -2.89. The fourth-order valence-electron chi connectivity index (χ4n) is 4.51. The summed E-state index contributed by atoms with van der Waals surface area (Å²) in [6, 6.07) is 10.1. The van der Waals surface area contributed by atoms with Crippen LogP contribution in [0.3, 0.4) is 0 Å². The topological polar surface area (TPSA) is 73.0 Å². The molecule has 2 fully saturated rings. The number of nitrogens with zero attached hydrogens (tertiary/aromatic N) is 3. The first-order chi connectivity index (χ1) is 13.2. The fraction of sp³-hybridized carbons (Fsp3) is 0.381. The lowest BCUT2D eigenvalue weighted by molar-refractivity contribution is 0.0912. The molecule has 6 heteroatoms. The Morgan fingerprint density at radius 2 is 2.04 bits per heavy atom. The first-order valence-corrected chi connectivity index (χ1v) is 9.55. The molecule has 2 saturated carbocycles. The molecular weight excluding hydrogens is 340 g/mol. The van der Waals surface area contributed by atoms with Gasteiger partial charge in [0.25, 0.3) is 5.91 Å². The maximum atomic E-state index is 12.8. The van der Waals surface area contributed by atoms with Crippen LogP contribution < -0.4 is 5.32 Å². The Kier molecular flexibility index (Phi) is 3.85. The second-order valence-electron chi connectivity index (χ2n) is 7.77. The highest BCUT2D eigenvalue weighted by atomic mass is 16.3. The molecule has 1 aromatic carbocycles. The number of benzene rings is 1. The second kappa shape index (κ2) is 6.37. The molecule has 5 rings (SSSR count). The lowest BCUT2D eigenvalue weighted by Crippen LogP contribution is -2.39. The fourth-order valence-corrected chi connectivity index (χ4v) is 4.51. The summed E-state index contributed by atoms with van der Waals surface area (Å²) in [6.07, 6.45) is 8.08. The molecular formula is C21H22N4O2. The molecule has 3 unspecified atom stereocenters. The third-order valence-corrected chi connectivity index (χ3v) is 5.92. The van der Waals surface area contributed by atoms with E-state index in [1.165, 1.54) is 19.3 Å². The third kappa shape index (κ3) is 2.95. The van der Waals surface area contributed by atoms with Crippen molar-refractivity contribution in [3.63, 3.8) is 0 Å². The lowest BCUT2D eigenvalue weighted by atomic mass is 9.95. The van der Waals surface area contributed by atoms with Crippen LogP contribution in [0, 0.1) is 18.8 Å². The number of aryl methyl sites for hydroxylation is 1. The summed E-state index contributed by atoms with van der Waals surface area (Å²) in [5.74, 6) is 2.01. The van der Waals surface area contributed by atoms with E-state index >= 15 is 0 Å². The number of hydrogen-bond acceptors (Lipinski definition) is 4. The van der Waals surface area contributed by atoms with Crippen LogP contribution in [0.1, 0.15) is 41.9 Å². The number of carbonyl (C=O) groups excluding carboxylic acids is 1. The van der Waals surface area contributed by atoms with E-state index in [4.69, 9.17) is 4.42 Å². The predicted molar refractivity (Wildman–Crippen MR) is 101 cm³/mol. The van der Waals surface area contributed by atoms with Gasteiger partial charge < -0.3 is 9.73 Å². The Labute approximate surface area is 157 Å². The van der Waals surface area contributed by atoms with Gasteiger partial charge in [-0.25, -0.2) is 9.67 Å². The maximum absolute atomic E-state index is 12.8. The Bertz CT molecular complexity index is 959. The zero-order valence-electron chi connectivity index (χ0n) is 15.3. The van der Waals surface area contributed by atoms with Gasteiger partial charge in [-0.1, -0.05) is 24.1 Å². The van der Waals surface area contributed by atoms with Crippen LogP contribution in [0.4, 0.5) is 0 Å². The molecule has 3 atom stereocenters. The van der Waals surface area contributed by atoms with Gasteiger partial charge in [0, 0.05) is 6.04 Å². The minimum absolute atomic E-state index is 0.192. The van der Waals surface area contributed by atoms with E-state index in [-0.39, 0.29) is 17.8 Å². The van der Waals surface area contributed by atoms with Crippen LogP contribution in [-0.2, 0) is 0 Å². The SMILES string of the molecule is Cc1ccc(-n2nc(C(=O)NC3CC4CCC3C4)nc2-c2ccoc2)cc1. The monoisotopic (exact) mass is 362 g/mol. The van der Waals surface area contributed by atoms with Crippen molar-refractivity contribution in [1.29, 1.82) is 0 Å². The van der Waals surface area contributed by atoms with Crippen LogP contribution in [0.15, 0.2) is 47.3 Å². The van der Waals surface area contributed by atoms with Gasteiger partial charge in [0.2, 0.25) is 5.82 Å². The maximum Gasteiger partial charge on any atom is 0.291 e. The highest BCUT2D eigenvalue weighted by molar-refractivity contribution is 5.91. The summed E-state index contributed by atoms with van der Waals surface area (Å²) >= 11 is 0. The van der Waals surface area contributed by atoms with E-state index in [0.717, 1.165) is 29.2 Å². The van der Waals surface area contributed by atoms with Crippen LogP contribution >= 0.6 is 0 Å². The molecule has 2 aliphatic carbocycles. The van der Waals surface area contributed by atoms with Gasteiger partial charge in [-0.15, -0.1) is 5.10 Å². The van der Waals surface area contributed by atoms with Gasteiger partial charge in [-0.3, -0.25) is 4.79 Å². The Balaban J connectivity index is 1.47. The van der Waals surface area contributed by atoms with E-state index in [1.807, 2.05) is 37.3 Å². The number of amides is 1. The summed E-state index contributed by atoms with van der Waals surface area (Å²) in [4.78, 5) is 17.4. The first-order valence-electron chi connectivity index (χ1n) is 9.55. The Morgan fingerprint density at radius 1 is 1.19 bits per heavy atom. The van der Waals surface area contributed by atoms with Gasteiger partial charge in [0.1, 0.15) is 6.26 Å². The van der Waals surface area contributed by atoms with Gasteiger partial charge >= 0.3 is 0 Å². The minimum atomic E-state index is -0.192. The van der Waals surface area contributed by atoms with Crippen LogP contribution in [0.5, 0.6) is 0 Å². The van der Waals surface area contributed by atoms with E-state index in [9.17, 15) is 4.79 Å². The molecule has 0 spiro atoms. The molecule has 2 bridgehead atoms. The van der Waals surface area contributed by atoms with Crippen molar-refractivity contribution in [2.45, 2.75) is 38.6 Å². The number of hydrogen-bond donors (Lipinski definition) is 1. The molecule has 2 heterocycles. The summed E-state index contributed by atoms with van der Waals surface area (Å²) in [6.45, 7) is 2.04. The molecule has 138 valence electrons. The van der Waals surface area contributed by atoms with Crippen molar-refractivity contribution < 1.29 is 9.21 Å². The highest BCUT2D eigenvalue weighted by Crippen LogP contribution is 2.44. The molecule has 27 heavy (non-hydrogen) atoms. The zero-order chi connectivity index (χ0) is 18.4. The average molecular weight is 362 g/mol. The number of furan rings is 1. The molecule has 1 N–H and O–H groups in total. The number of carbonyl (C=O) groups is 1. The van der Waals surface area contributed by atoms with Crippen LogP contribution in [-0.4, -0.2) is 26.7 Å². The largest absolute Gasteiger partial charge is 0.472 e. The molecule has 2 aromatic heterocycles. The smallest absolute Gasteiger partial charge is 0.291 e. The standard InChI is InChI=1S/C21H22N4O2/c1-13-2-6-17(7-3-13)25-20(16-8-9-27-12-16)23-19(24-25)21(26)22-18-11-14-4-5-15(18)10-14/h2-3,6-9,12,14-15,18H,4-5,10-11H2,1H3,(H,22,26). The van der Waals surface area contributed by atoms with Crippen molar-refractivity contribution in [2.75, 3.05) is 0 Å². The number of nitrogens with one attached hydrogen (secondary N) is 1. The Morgan fingerprint density at radius 3 is 2.70 bits per heavy atom. The predicted octanol–water partition coefficient (Wildman–Crippen LogP) is 3.75. The summed E-state index contributed by atoms with van der Waals surface area (Å²) in [7, 11) is 0.